The third-order valence-corrected chi connectivity index (χ3v) is 4.11. The summed E-state index contributed by atoms with van der Waals surface area (Å²) in [7, 11) is 0. The summed E-state index contributed by atoms with van der Waals surface area (Å²) in [4.78, 5) is 0. The van der Waals surface area contributed by atoms with Crippen molar-refractivity contribution in [2.75, 3.05) is 11.5 Å². The van der Waals surface area contributed by atoms with E-state index >= 15 is 0 Å². The maximum absolute atomic E-state index is 3.67. The predicted octanol–water partition coefficient (Wildman–Crippen LogP) is 2.98. The van der Waals surface area contributed by atoms with Gasteiger partial charge in [0.15, 0.2) is 0 Å². The first-order chi connectivity index (χ1) is 7.36. The van der Waals surface area contributed by atoms with Crippen LogP contribution in [0.1, 0.15) is 24.0 Å². The third-order valence-electron chi connectivity index (χ3n) is 3.06. The van der Waals surface area contributed by atoms with Gasteiger partial charge in [0.2, 0.25) is 0 Å². The molecule has 0 amide bonds. The van der Waals surface area contributed by atoms with Gasteiger partial charge >= 0.3 is 0 Å². The summed E-state index contributed by atoms with van der Waals surface area (Å²) >= 11 is 2.08. The number of aryl methyl sites for hydroxylation is 1. The molecule has 0 aromatic heterocycles. The number of hydrogen-bond acceptors (Lipinski definition) is 2. The fourth-order valence-corrected chi connectivity index (χ4v) is 3.07. The molecule has 2 rings (SSSR count). The van der Waals surface area contributed by atoms with E-state index in [1.165, 1.54) is 35.5 Å². The smallest absolute Gasteiger partial charge is 0.0210 e. The lowest BCUT2D eigenvalue weighted by molar-refractivity contribution is 0.481. The van der Waals surface area contributed by atoms with Gasteiger partial charge in [0.05, 0.1) is 0 Å². The zero-order chi connectivity index (χ0) is 10.5. The maximum Gasteiger partial charge on any atom is 0.0210 e. The van der Waals surface area contributed by atoms with Gasteiger partial charge in [-0.1, -0.05) is 24.3 Å². The van der Waals surface area contributed by atoms with E-state index in [-0.39, 0.29) is 0 Å². The van der Waals surface area contributed by atoms with Crippen molar-refractivity contribution >= 4 is 11.8 Å². The lowest BCUT2D eigenvalue weighted by Gasteiger charge is -2.23. The van der Waals surface area contributed by atoms with Gasteiger partial charge in [0.1, 0.15) is 0 Å². The molecular weight excluding hydrogens is 202 g/mol. The maximum atomic E-state index is 3.67. The van der Waals surface area contributed by atoms with Gasteiger partial charge in [0, 0.05) is 12.6 Å². The van der Waals surface area contributed by atoms with Crippen molar-refractivity contribution in [2.24, 2.45) is 0 Å². The van der Waals surface area contributed by atoms with E-state index in [0.29, 0.717) is 0 Å². The van der Waals surface area contributed by atoms with Crippen molar-refractivity contribution in [2.45, 2.75) is 32.4 Å². The number of thioether (sulfide) groups is 1. The number of rotatable bonds is 3. The van der Waals surface area contributed by atoms with Gasteiger partial charge < -0.3 is 5.32 Å². The molecule has 15 heavy (non-hydrogen) atoms. The average molecular weight is 221 g/mol. The Bertz CT molecular complexity index is 305. The second-order valence-corrected chi connectivity index (χ2v) is 5.42. The molecule has 1 aliphatic rings. The molecule has 0 aliphatic carbocycles. The predicted molar refractivity (Wildman–Crippen MR) is 68.4 cm³/mol. The van der Waals surface area contributed by atoms with Gasteiger partial charge in [-0.3, -0.25) is 0 Å². The topological polar surface area (TPSA) is 12.0 Å². The summed E-state index contributed by atoms with van der Waals surface area (Å²) in [6.45, 7) is 3.22. The summed E-state index contributed by atoms with van der Waals surface area (Å²) in [5, 5.41) is 3.67. The van der Waals surface area contributed by atoms with Gasteiger partial charge in [0.25, 0.3) is 0 Å². The van der Waals surface area contributed by atoms with E-state index in [1.54, 1.807) is 0 Å². The molecule has 1 aromatic carbocycles. The summed E-state index contributed by atoms with van der Waals surface area (Å²) in [6, 6.07) is 9.38. The summed E-state index contributed by atoms with van der Waals surface area (Å²) in [5.41, 5.74) is 2.84. The Balaban J connectivity index is 1.84. The molecule has 0 unspecified atom stereocenters. The van der Waals surface area contributed by atoms with Crippen molar-refractivity contribution in [1.29, 1.82) is 0 Å². The SMILES string of the molecule is Cc1ccccc1CNC1CCSCC1. The van der Waals surface area contributed by atoms with Crippen LogP contribution >= 0.6 is 11.8 Å². The van der Waals surface area contributed by atoms with Crippen molar-refractivity contribution in [3.63, 3.8) is 0 Å². The number of hydrogen-bond donors (Lipinski definition) is 1. The van der Waals surface area contributed by atoms with E-state index < -0.39 is 0 Å². The molecule has 1 fully saturated rings. The van der Waals surface area contributed by atoms with Crippen LogP contribution in [0.5, 0.6) is 0 Å². The van der Waals surface area contributed by atoms with Crippen LogP contribution in [-0.2, 0) is 6.54 Å². The first-order valence-electron chi connectivity index (χ1n) is 5.72. The molecule has 0 spiro atoms. The highest BCUT2D eigenvalue weighted by atomic mass is 32.2. The minimum Gasteiger partial charge on any atom is -0.310 e. The normalized spacial score (nSPS) is 17.9. The number of benzene rings is 1. The molecule has 2 heteroatoms. The van der Waals surface area contributed by atoms with Crippen LogP contribution in [0.4, 0.5) is 0 Å². The minimum atomic E-state index is 0.742. The third kappa shape index (κ3) is 3.25. The molecule has 1 heterocycles. The Morgan fingerprint density at radius 1 is 1.27 bits per heavy atom. The lowest BCUT2D eigenvalue weighted by Crippen LogP contribution is -2.32. The van der Waals surface area contributed by atoms with Crippen LogP contribution in [0.25, 0.3) is 0 Å². The molecular formula is C13H19NS. The van der Waals surface area contributed by atoms with Gasteiger partial charge in [-0.2, -0.15) is 11.8 Å². The zero-order valence-corrected chi connectivity index (χ0v) is 10.1. The standard InChI is InChI=1S/C13H19NS/c1-11-4-2-3-5-12(11)10-14-13-6-8-15-9-7-13/h2-5,13-14H,6-10H2,1H3. The molecule has 0 bridgehead atoms. The number of nitrogens with one attached hydrogen (secondary N) is 1. The van der Waals surface area contributed by atoms with E-state index in [2.05, 4.69) is 48.3 Å². The summed E-state index contributed by atoms with van der Waals surface area (Å²) in [6.07, 6.45) is 2.66. The van der Waals surface area contributed by atoms with Crippen LogP contribution < -0.4 is 5.32 Å². The molecule has 1 aliphatic heterocycles. The van der Waals surface area contributed by atoms with Crippen molar-refractivity contribution in [3.8, 4) is 0 Å². The highest BCUT2D eigenvalue weighted by molar-refractivity contribution is 7.99. The Hall–Kier alpha value is -0.470. The molecule has 1 nitrogen and oxygen atoms in total. The first kappa shape index (κ1) is 11.0. The van der Waals surface area contributed by atoms with Crippen molar-refractivity contribution in [1.82, 2.24) is 5.32 Å². The quantitative estimate of drug-likeness (QED) is 0.842. The van der Waals surface area contributed by atoms with Gasteiger partial charge in [-0.25, -0.2) is 0 Å². The second-order valence-electron chi connectivity index (χ2n) is 4.19. The molecule has 0 radical (unpaired) electrons. The van der Waals surface area contributed by atoms with Crippen LogP contribution in [0.3, 0.4) is 0 Å². The van der Waals surface area contributed by atoms with E-state index in [4.69, 9.17) is 0 Å². The zero-order valence-electron chi connectivity index (χ0n) is 9.33. The Kier molecular flexibility index (Phi) is 4.09. The largest absolute Gasteiger partial charge is 0.310 e. The van der Waals surface area contributed by atoms with Crippen LogP contribution in [0.15, 0.2) is 24.3 Å². The van der Waals surface area contributed by atoms with Gasteiger partial charge in [-0.15, -0.1) is 0 Å². The van der Waals surface area contributed by atoms with Crippen molar-refractivity contribution < 1.29 is 0 Å². The Morgan fingerprint density at radius 2 is 2.00 bits per heavy atom. The monoisotopic (exact) mass is 221 g/mol. The Labute approximate surface area is 96.7 Å². The fraction of sp³-hybridized carbons (Fsp3) is 0.538. The molecule has 0 saturated carbocycles. The molecule has 82 valence electrons. The van der Waals surface area contributed by atoms with Crippen LogP contribution in [0.2, 0.25) is 0 Å². The average Bonchev–Trinajstić information content (AvgIpc) is 2.29. The van der Waals surface area contributed by atoms with Crippen molar-refractivity contribution in [3.05, 3.63) is 35.4 Å². The summed E-state index contributed by atoms with van der Waals surface area (Å²) in [5.74, 6) is 2.65. The highest BCUT2D eigenvalue weighted by Gasteiger charge is 2.12. The van der Waals surface area contributed by atoms with Crippen LogP contribution in [0, 0.1) is 6.92 Å². The summed E-state index contributed by atoms with van der Waals surface area (Å²) < 4.78 is 0. The Morgan fingerprint density at radius 3 is 2.73 bits per heavy atom. The van der Waals surface area contributed by atoms with E-state index in [0.717, 1.165) is 12.6 Å². The molecule has 0 atom stereocenters. The fourth-order valence-electron chi connectivity index (χ4n) is 1.96. The van der Waals surface area contributed by atoms with Crippen LogP contribution in [-0.4, -0.2) is 17.5 Å². The second kappa shape index (κ2) is 5.57. The highest BCUT2D eigenvalue weighted by Crippen LogP contribution is 2.17. The molecule has 1 aromatic rings. The minimum absolute atomic E-state index is 0.742. The molecule has 1 N–H and O–H groups in total. The van der Waals surface area contributed by atoms with E-state index in [9.17, 15) is 0 Å². The molecule has 1 saturated heterocycles. The first-order valence-corrected chi connectivity index (χ1v) is 6.87. The van der Waals surface area contributed by atoms with E-state index in [1.807, 2.05) is 0 Å². The van der Waals surface area contributed by atoms with Gasteiger partial charge in [-0.05, 0) is 42.4 Å². The lowest BCUT2D eigenvalue weighted by atomic mass is 10.1.